The minimum Gasteiger partial charge on any atom is -0.496 e. The molecule has 0 saturated carbocycles. The van der Waals surface area contributed by atoms with Crippen LogP contribution < -0.4 is 14.8 Å². The van der Waals surface area contributed by atoms with E-state index in [2.05, 4.69) is 11.9 Å². The van der Waals surface area contributed by atoms with E-state index in [4.69, 9.17) is 14.2 Å². The molecule has 1 aromatic carbocycles. The highest BCUT2D eigenvalue weighted by atomic mass is 16.5. The number of benzene rings is 1. The second-order valence-corrected chi connectivity index (χ2v) is 4.77. The zero-order valence-corrected chi connectivity index (χ0v) is 13.1. The van der Waals surface area contributed by atoms with Crippen LogP contribution in [0.4, 0.5) is 0 Å². The Morgan fingerprint density at radius 1 is 1.24 bits per heavy atom. The molecule has 5 heteroatoms. The SMILES string of the molecule is C=C(C)COCCNC(=O)c1cc(OC)c(C)c(OC)c1. The Labute approximate surface area is 125 Å². The maximum Gasteiger partial charge on any atom is 0.251 e. The molecule has 0 unspecified atom stereocenters. The summed E-state index contributed by atoms with van der Waals surface area (Å²) in [7, 11) is 3.13. The number of rotatable bonds is 8. The van der Waals surface area contributed by atoms with Crippen LogP contribution in [0.25, 0.3) is 0 Å². The number of carbonyl (C=O) groups is 1. The fourth-order valence-corrected chi connectivity index (χ4v) is 1.80. The maximum absolute atomic E-state index is 12.1. The number of carbonyl (C=O) groups excluding carboxylic acids is 1. The fraction of sp³-hybridized carbons (Fsp3) is 0.438. The molecule has 0 aliphatic carbocycles. The number of ether oxygens (including phenoxy) is 3. The molecule has 1 rings (SSSR count). The minimum absolute atomic E-state index is 0.189. The van der Waals surface area contributed by atoms with Crippen molar-refractivity contribution in [2.75, 3.05) is 34.0 Å². The van der Waals surface area contributed by atoms with E-state index in [9.17, 15) is 4.79 Å². The second kappa shape index (κ2) is 8.32. The average Bonchev–Trinajstić information content (AvgIpc) is 2.46. The van der Waals surface area contributed by atoms with Crippen molar-refractivity contribution in [3.05, 3.63) is 35.4 Å². The summed E-state index contributed by atoms with van der Waals surface area (Å²) < 4.78 is 15.8. The van der Waals surface area contributed by atoms with Crippen molar-refractivity contribution in [1.29, 1.82) is 0 Å². The number of amides is 1. The number of nitrogens with one attached hydrogen (secondary N) is 1. The van der Waals surface area contributed by atoms with Gasteiger partial charge in [0.05, 0.1) is 27.4 Å². The first-order valence-corrected chi connectivity index (χ1v) is 6.72. The van der Waals surface area contributed by atoms with Crippen LogP contribution in [-0.4, -0.2) is 39.9 Å². The second-order valence-electron chi connectivity index (χ2n) is 4.77. The fourth-order valence-electron chi connectivity index (χ4n) is 1.80. The highest BCUT2D eigenvalue weighted by Crippen LogP contribution is 2.29. The van der Waals surface area contributed by atoms with E-state index in [1.54, 1.807) is 26.4 Å². The van der Waals surface area contributed by atoms with Crippen molar-refractivity contribution in [2.45, 2.75) is 13.8 Å². The van der Waals surface area contributed by atoms with Gasteiger partial charge in [-0.15, -0.1) is 0 Å². The molecule has 0 spiro atoms. The summed E-state index contributed by atoms with van der Waals surface area (Å²) in [5, 5.41) is 2.79. The lowest BCUT2D eigenvalue weighted by Crippen LogP contribution is -2.27. The Morgan fingerprint density at radius 3 is 2.29 bits per heavy atom. The Balaban J connectivity index is 2.63. The Morgan fingerprint density at radius 2 is 1.81 bits per heavy atom. The third kappa shape index (κ3) is 5.11. The molecule has 0 bridgehead atoms. The molecular formula is C16H23NO4. The van der Waals surface area contributed by atoms with Gasteiger partial charge in [-0.25, -0.2) is 0 Å². The van der Waals surface area contributed by atoms with Crippen LogP contribution in [0.2, 0.25) is 0 Å². The van der Waals surface area contributed by atoms with E-state index in [0.717, 1.165) is 11.1 Å². The molecule has 116 valence electrons. The van der Waals surface area contributed by atoms with Gasteiger partial charge in [0.25, 0.3) is 5.91 Å². The zero-order chi connectivity index (χ0) is 15.8. The van der Waals surface area contributed by atoms with Crippen molar-refractivity contribution in [3.8, 4) is 11.5 Å². The first kappa shape index (κ1) is 17.0. The van der Waals surface area contributed by atoms with Crippen molar-refractivity contribution in [3.63, 3.8) is 0 Å². The normalized spacial score (nSPS) is 10.1. The molecule has 0 atom stereocenters. The van der Waals surface area contributed by atoms with Crippen molar-refractivity contribution < 1.29 is 19.0 Å². The smallest absolute Gasteiger partial charge is 0.251 e. The number of methoxy groups -OCH3 is 2. The van der Waals surface area contributed by atoms with Crippen molar-refractivity contribution in [1.82, 2.24) is 5.32 Å². The summed E-state index contributed by atoms with van der Waals surface area (Å²) in [6.45, 7) is 8.89. The van der Waals surface area contributed by atoms with Gasteiger partial charge in [-0.1, -0.05) is 12.2 Å². The third-order valence-corrected chi connectivity index (χ3v) is 2.89. The summed E-state index contributed by atoms with van der Waals surface area (Å²) >= 11 is 0. The van der Waals surface area contributed by atoms with Crippen LogP contribution in [0.5, 0.6) is 11.5 Å². The maximum atomic E-state index is 12.1. The lowest BCUT2D eigenvalue weighted by atomic mass is 10.1. The van der Waals surface area contributed by atoms with Gasteiger partial charge in [-0.05, 0) is 26.0 Å². The lowest BCUT2D eigenvalue weighted by molar-refractivity contribution is 0.0926. The summed E-state index contributed by atoms with van der Waals surface area (Å²) in [5.74, 6) is 1.06. The predicted octanol–water partition coefficient (Wildman–Crippen LogP) is 2.33. The van der Waals surface area contributed by atoms with Gasteiger partial charge in [0, 0.05) is 17.7 Å². The highest BCUT2D eigenvalue weighted by Gasteiger charge is 2.13. The molecule has 0 aliphatic rings. The predicted molar refractivity (Wildman–Crippen MR) is 82.2 cm³/mol. The Hall–Kier alpha value is -2.01. The molecule has 1 amide bonds. The van der Waals surface area contributed by atoms with E-state index < -0.39 is 0 Å². The van der Waals surface area contributed by atoms with Crippen molar-refractivity contribution in [2.24, 2.45) is 0 Å². The van der Waals surface area contributed by atoms with Crippen LogP contribution in [-0.2, 0) is 4.74 Å². The van der Waals surface area contributed by atoms with Crippen molar-refractivity contribution >= 4 is 5.91 Å². The molecule has 5 nitrogen and oxygen atoms in total. The molecule has 1 N–H and O–H groups in total. The molecule has 0 saturated heterocycles. The molecule has 0 aliphatic heterocycles. The summed E-state index contributed by atoms with van der Waals surface area (Å²) in [6.07, 6.45) is 0. The topological polar surface area (TPSA) is 56.8 Å². The van der Waals surface area contributed by atoms with Gasteiger partial charge in [-0.2, -0.15) is 0 Å². The van der Waals surface area contributed by atoms with Gasteiger partial charge in [-0.3, -0.25) is 4.79 Å². The van der Waals surface area contributed by atoms with Gasteiger partial charge >= 0.3 is 0 Å². The van der Waals surface area contributed by atoms with E-state index in [1.165, 1.54) is 0 Å². The summed E-state index contributed by atoms with van der Waals surface area (Å²) in [5.41, 5.74) is 2.31. The van der Waals surface area contributed by atoms with Gasteiger partial charge in [0.1, 0.15) is 11.5 Å². The molecular weight excluding hydrogens is 270 g/mol. The van der Waals surface area contributed by atoms with Gasteiger partial charge in [0.15, 0.2) is 0 Å². The Kier molecular flexibility index (Phi) is 6.75. The Bertz CT molecular complexity index is 486. The van der Waals surface area contributed by atoms with Gasteiger partial charge in [0.2, 0.25) is 0 Å². The molecule has 1 aromatic rings. The molecule has 0 radical (unpaired) electrons. The van der Waals surface area contributed by atoms with Crippen LogP contribution in [0.15, 0.2) is 24.3 Å². The number of hydrogen-bond acceptors (Lipinski definition) is 4. The molecule has 0 heterocycles. The average molecular weight is 293 g/mol. The number of hydrogen-bond donors (Lipinski definition) is 1. The van der Waals surface area contributed by atoms with Crippen LogP contribution in [0.1, 0.15) is 22.8 Å². The molecule has 0 aromatic heterocycles. The van der Waals surface area contributed by atoms with E-state index >= 15 is 0 Å². The summed E-state index contributed by atoms with van der Waals surface area (Å²) in [6, 6.07) is 3.39. The highest BCUT2D eigenvalue weighted by molar-refractivity contribution is 5.95. The zero-order valence-electron chi connectivity index (χ0n) is 13.1. The largest absolute Gasteiger partial charge is 0.496 e. The monoisotopic (exact) mass is 293 g/mol. The first-order valence-electron chi connectivity index (χ1n) is 6.72. The third-order valence-electron chi connectivity index (χ3n) is 2.89. The summed E-state index contributed by atoms with van der Waals surface area (Å²) in [4.78, 5) is 12.1. The first-order chi connectivity index (χ1) is 9.99. The standard InChI is InChI=1S/C16H23NO4/c1-11(2)10-21-7-6-17-16(18)13-8-14(19-4)12(3)15(9-13)20-5/h8-9H,1,6-7,10H2,2-5H3,(H,17,18). The van der Waals surface area contributed by atoms with E-state index in [-0.39, 0.29) is 5.91 Å². The molecule has 0 fully saturated rings. The van der Waals surface area contributed by atoms with E-state index in [1.807, 2.05) is 13.8 Å². The minimum atomic E-state index is -0.189. The van der Waals surface area contributed by atoms with Crippen LogP contribution >= 0.6 is 0 Å². The van der Waals surface area contributed by atoms with E-state index in [0.29, 0.717) is 36.8 Å². The quantitative estimate of drug-likeness (QED) is 0.590. The van der Waals surface area contributed by atoms with Crippen LogP contribution in [0, 0.1) is 6.92 Å². The lowest BCUT2D eigenvalue weighted by Gasteiger charge is -2.12. The molecule has 21 heavy (non-hydrogen) atoms. The van der Waals surface area contributed by atoms with Gasteiger partial charge < -0.3 is 19.5 Å². The van der Waals surface area contributed by atoms with Crippen LogP contribution in [0.3, 0.4) is 0 Å².